The van der Waals surface area contributed by atoms with E-state index in [0.29, 0.717) is 6.42 Å². The van der Waals surface area contributed by atoms with Crippen LogP contribution in [0.4, 0.5) is 0 Å². The van der Waals surface area contributed by atoms with Crippen LogP contribution in [0.5, 0.6) is 0 Å². The van der Waals surface area contributed by atoms with E-state index < -0.39 is 10.3 Å². The molecule has 0 aliphatic heterocycles. The van der Waals surface area contributed by atoms with Crippen molar-refractivity contribution in [2.24, 2.45) is 0 Å². The van der Waals surface area contributed by atoms with Crippen molar-refractivity contribution in [2.45, 2.75) is 47.3 Å². The van der Waals surface area contributed by atoms with Gasteiger partial charge in [-0.3, -0.25) is 4.18 Å². The van der Waals surface area contributed by atoms with Crippen LogP contribution in [0.3, 0.4) is 0 Å². The third-order valence-corrected chi connectivity index (χ3v) is 7.69. The summed E-state index contributed by atoms with van der Waals surface area (Å²) < 4.78 is 6.50. The van der Waals surface area contributed by atoms with Gasteiger partial charge in [0.05, 0.1) is 25.0 Å². The molecule has 0 heterocycles. The summed E-state index contributed by atoms with van der Waals surface area (Å²) in [5, 5.41) is 0. The molecule has 27 heavy (non-hydrogen) atoms. The van der Waals surface area contributed by atoms with Gasteiger partial charge in [0.2, 0.25) is 0 Å². The zero-order valence-corrected chi connectivity index (χ0v) is 16.6. The minimum atomic E-state index is -2.06. The van der Waals surface area contributed by atoms with E-state index in [1.54, 1.807) is 0 Å². The van der Waals surface area contributed by atoms with Gasteiger partial charge in [0.25, 0.3) is 0 Å². The SMILES string of the molecule is CCCCCC(=[OH+])OS(c1ccccc1)(c1ccccc1)c1ccccc1. The highest BCUT2D eigenvalue weighted by atomic mass is 32.3. The molecule has 0 spiro atoms. The van der Waals surface area contributed by atoms with E-state index in [9.17, 15) is 4.79 Å². The highest BCUT2D eigenvalue weighted by Crippen LogP contribution is 2.69. The molecule has 0 aliphatic carbocycles. The van der Waals surface area contributed by atoms with E-state index in [-0.39, 0.29) is 5.97 Å². The van der Waals surface area contributed by atoms with Gasteiger partial charge >= 0.3 is 5.97 Å². The molecule has 140 valence electrons. The molecule has 0 saturated heterocycles. The summed E-state index contributed by atoms with van der Waals surface area (Å²) in [6, 6.07) is 30.7. The zero-order chi connectivity index (χ0) is 19.0. The minimum absolute atomic E-state index is 0.120. The first kappa shape index (κ1) is 19.2. The summed E-state index contributed by atoms with van der Waals surface area (Å²) in [5.74, 6) is 0.120. The summed E-state index contributed by atoms with van der Waals surface area (Å²) in [4.78, 5) is 13.9. The topological polar surface area (TPSA) is 30.6 Å². The maximum absolute atomic E-state index is 10.7. The normalized spacial score (nSPS) is 11.7. The van der Waals surface area contributed by atoms with E-state index in [0.717, 1.165) is 33.9 Å². The van der Waals surface area contributed by atoms with Gasteiger partial charge in [0, 0.05) is 0 Å². The molecule has 0 unspecified atom stereocenters. The molecule has 3 aromatic carbocycles. The molecule has 0 bridgehead atoms. The Morgan fingerprint density at radius 2 is 1.11 bits per heavy atom. The number of hydrogen-bond acceptors (Lipinski definition) is 1. The smallest absolute Gasteiger partial charge is 0.338 e. The Balaban J connectivity index is 2.12. The van der Waals surface area contributed by atoms with Gasteiger partial charge in [-0.15, -0.1) is 0 Å². The Labute approximate surface area is 163 Å². The molecule has 3 heteroatoms. The molecular weight excluding hydrogens is 352 g/mol. The first-order valence-corrected chi connectivity index (χ1v) is 11.1. The van der Waals surface area contributed by atoms with Crippen LogP contribution in [0.1, 0.15) is 32.6 Å². The Kier molecular flexibility index (Phi) is 6.72. The fourth-order valence-corrected chi connectivity index (χ4v) is 6.20. The van der Waals surface area contributed by atoms with Crippen LogP contribution in [-0.4, -0.2) is 10.8 Å². The van der Waals surface area contributed by atoms with Crippen molar-refractivity contribution in [3.05, 3.63) is 91.0 Å². The number of carbonyl (C=O) groups excluding carboxylic acids is 1. The standard InChI is InChI=1S/C24H26O2S/c1-2-3-7-20-24(25)26-27(21-14-8-4-9-15-21,22-16-10-5-11-17-22)23-18-12-6-13-19-23/h4-6,8-19H,2-3,7,20H2,1H3/p+1. The zero-order valence-electron chi connectivity index (χ0n) is 15.8. The average Bonchev–Trinajstić information content (AvgIpc) is 2.74. The maximum Gasteiger partial charge on any atom is 0.495 e. The lowest BCUT2D eigenvalue weighted by Crippen LogP contribution is -2.13. The monoisotopic (exact) mass is 379 g/mol. The molecule has 0 radical (unpaired) electrons. The number of unbranched alkanes of at least 4 members (excludes halogenated alkanes) is 2. The maximum atomic E-state index is 10.7. The van der Waals surface area contributed by atoms with Crippen LogP contribution in [-0.2, 0) is 4.18 Å². The predicted molar refractivity (Wildman–Crippen MR) is 114 cm³/mol. The summed E-state index contributed by atoms with van der Waals surface area (Å²) in [6.07, 6.45) is 3.68. The molecule has 1 N–H and O–H groups in total. The highest BCUT2D eigenvalue weighted by molar-refractivity contribution is 8.30. The van der Waals surface area contributed by atoms with E-state index >= 15 is 0 Å². The Morgan fingerprint density at radius 3 is 1.48 bits per heavy atom. The van der Waals surface area contributed by atoms with Crippen LogP contribution >= 0.6 is 10.3 Å². The van der Waals surface area contributed by atoms with Crippen LogP contribution in [0.2, 0.25) is 0 Å². The van der Waals surface area contributed by atoms with Crippen molar-refractivity contribution >= 4 is 16.3 Å². The highest BCUT2D eigenvalue weighted by Gasteiger charge is 2.41. The fraction of sp³-hybridized carbons (Fsp3) is 0.208. The molecular formula is C24H27O2S+. The van der Waals surface area contributed by atoms with Gasteiger partial charge in [0.15, 0.2) is 0 Å². The van der Waals surface area contributed by atoms with Gasteiger partial charge in [-0.2, -0.15) is 0 Å². The van der Waals surface area contributed by atoms with Gasteiger partial charge in [0.1, 0.15) is 6.42 Å². The molecule has 0 fully saturated rings. The lowest BCUT2D eigenvalue weighted by atomic mass is 10.2. The summed E-state index contributed by atoms with van der Waals surface area (Å²) in [7, 11) is -2.06. The van der Waals surface area contributed by atoms with Gasteiger partial charge < -0.3 is 4.79 Å². The summed E-state index contributed by atoms with van der Waals surface area (Å²) in [6.45, 7) is 2.16. The lowest BCUT2D eigenvalue weighted by Gasteiger charge is -2.33. The van der Waals surface area contributed by atoms with Gasteiger partial charge in [-0.05, 0) is 42.8 Å². The number of hydrogen-bond donors (Lipinski definition) is 0. The minimum Gasteiger partial charge on any atom is -0.338 e. The average molecular weight is 380 g/mol. The van der Waals surface area contributed by atoms with Crippen LogP contribution in [0.25, 0.3) is 0 Å². The van der Waals surface area contributed by atoms with E-state index in [1.807, 2.05) is 54.6 Å². The van der Waals surface area contributed by atoms with E-state index in [1.165, 1.54) is 0 Å². The van der Waals surface area contributed by atoms with Crippen molar-refractivity contribution in [1.29, 1.82) is 0 Å². The van der Waals surface area contributed by atoms with Gasteiger partial charge in [-0.25, -0.2) is 0 Å². The third-order valence-electron chi connectivity index (χ3n) is 4.44. The van der Waals surface area contributed by atoms with Crippen LogP contribution in [0.15, 0.2) is 106 Å². The van der Waals surface area contributed by atoms with Crippen molar-refractivity contribution in [3.63, 3.8) is 0 Å². The molecule has 0 amide bonds. The fourth-order valence-electron chi connectivity index (χ4n) is 3.10. The third kappa shape index (κ3) is 4.42. The largest absolute Gasteiger partial charge is 0.495 e. The van der Waals surface area contributed by atoms with E-state index in [2.05, 4.69) is 43.3 Å². The second-order valence-corrected chi connectivity index (χ2v) is 9.12. The van der Waals surface area contributed by atoms with Crippen molar-refractivity contribution in [2.75, 3.05) is 0 Å². The molecule has 2 nitrogen and oxygen atoms in total. The van der Waals surface area contributed by atoms with Crippen LogP contribution in [0, 0.1) is 0 Å². The Morgan fingerprint density at radius 1 is 0.704 bits per heavy atom. The lowest BCUT2D eigenvalue weighted by molar-refractivity contribution is 0.471. The van der Waals surface area contributed by atoms with Crippen molar-refractivity contribution in [3.8, 4) is 0 Å². The molecule has 3 rings (SSSR count). The van der Waals surface area contributed by atoms with Crippen molar-refractivity contribution in [1.82, 2.24) is 0 Å². The second kappa shape index (κ2) is 9.43. The molecule has 3 aromatic rings. The summed E-state index contributed by atoms with van der Waals surface area (Å²) in [5.41, 5.74) is 0. The van der Waals surface area contributed by atoms with Gasteiger partial charge in [-0.1, -0.05) is 74.4 Å². The molecule has 0 saturated carbocycles. The first-order valence-electron chi connectivity index (χ1n) is 9.50. The van der Waals surface area contributed by atoms with Crippen molar-refractivity contribution < 1.29 is 8.98 Å². The Bertz CT molecular complexity index is 735. The molecule has 0 aliphatic rings. The predicted octanol–water partition coefficient (Wildman–Crippen LogP) is 6.98. The molecule has 0 atom stereocenters. The van der Waals surface area contributed by atoms with E-state index in [4.69, 9.17) is 4.18 Å². The Hall–Kier alpha value is -2.52. The second-order valence-electron chi connectivity index (χ2n) is 6.43. The number of rotatable bonds is 8. The van der Waals surface area contributed by atoms with Crippen LogP contribution < -0.4 is 0 Å². The number of benzene rings is 3. The quantitative estimate of drug-likeness (QED) is 0.307. The molecule has 0 aromatic heterocycles. The first-order chi connectivity index (χ1) is 13.3. The summed E-state index contributed by atoms with van der Waals surface area (Å²) >= 11 is 0.